The van der Waals surface area contributed by atoms with E-state index in [0.717, 1.165) is 11.8 Å². The van der Waals surface area contributed by atoms with Crippen LogP contribution in [0.1, 0.15) is 54.6 Å². The van der Waals surface area contributed by atoms with E-state index < -0.39 is 23.3 Å². The molecule has 0 unspecified atom stereocenters. The van der Waals surface area contributed by atoms with Crippen LogP contribution in [0.4, 0.5) is 23.4 Å². The highest BCUT2D eigenvalue weighted by atomic mass is 19.4. The van der Waals surface area contributed by atoms with Gasteiger partial charge in [-0.15, -0.1) is 0 Å². The highest BCUT2D eigenvalue weighted by Crippen LogP contribution is 2.59. The highest BCUT2D eigenvalue weighted by Gasteiger charge is 2.66. The molecule has 8 nitrogen and oxygen atoms in total. The SMILES string of the molecule is O=C(Cc1ccc(-c2cnc(Cc3cn(C4CC4)cn3)nc2)cc1F)Nc1cc(C2(C(F)(F)F)CC2)on1. The summed E-state index contributed by atoms with van der Waals surface area (Å²) >= 11 is 0. The minimum atomic E-state index is -4.45. The standard InChI is InChI=1S/C26H22F4N6O2/c27-20-7-15(17-11-31-22(32-12-17)9-18-13-36(14-33-18)19-3-4-19)1-2-16(20)8-24(37)34-23-10-21(38-35-23)25(5-6-25)26(28,29)30/h1-2,7,10-14,19H,3-6,8-9H2,(H,34,35,37). The van der Waals surface area contributed by atoms with E-state index in [1.807, 2.05) is 12.5 Å². The first kappa shape index (κ1) is 24.3. The molecule has 2 saturated carbocycles. The number of alkyl halides is 3. The first-order valence-electron chi connectivity index (χ1n) is 12.2. The summed E-state index contributed by atoms with van der Waals surface area (Å²) in [5, 5.41) is 5.89. The van der Waals surface area contributed by atoms with Gasteiger partial charge in [0, 0.05) is 36.3 Å². The molecular weight excluding hydrogens is 504 g/mol. The quantitative estimate of drug-likeness (QED) is 0.318. The number of nitrogens with one attached hydrogen (secondary N) is 1. The maximum absolute atomic E-state index is 14.8. The summed E-state index contributed by atoms with van der Waals surface area (Å²) in [7, 11) is 0. The summed E-state index contributed by atoms with van der Waals surface area (Å²) in [6.45, 7) is 0. The van der Waals surface area contributed by atoms with Crippen LogP contribution in [0.25, 0.3) is 11.1 Å². The largest absolute Gasteiger partial charge is 0.401 e. The second-order valence-electron chi connectivity index (χ2n) is 9.80. The van der Waals surface area contributed by atoms with Crippen LogP contribution in [0.2, 0.25) is 0 Å². The lowest BCUT2D eigenvalue weighted by Crippen LogP contribution is -2.28. The topological polar surface area (TPSA) is 98.7 Å². The van der Waals surface area contributed by atoms with Crippen LogP contribution in [-0.4, -0.2) is 36.8 Å². The van der Waals surface area contributed by atoms with Crippen LogP contribution in [0.5, 0.6) is 0 Å². The van der Waals surface area contributed by atoms with Crippen molar-refractivity contribution in [3.05, 3.63) is 77.8 Å². The lowest BCUT2D eigenvalue weighted by molar-refractivity contribution is -0.165. The lowest BCUT2D eigenvalue weighted by Gasteiger charge is -2.14. The number of nitrogens with zero attached hydrogens (tertiary/aromatic N) is 5. The molecule has 2 fully saturated rings. The fraction of sp³-hybridized carbons (Fsp3) is 0.346. The van der Waals surface area contributed by atoms with Crippen molar-refractivity contribution in [2.75, 3.05) is 5.32 Å². The van der Waals surface area contributed by atoms with Crippen molar-refractivity contribution in [2.24, 2.45) is 0 Å². The third kappa shape index (κ3) is 4.77. The van der Waals surface area contributed by atoms with Crippen LogP contribution < -0.4 is 5.32 Å². The van der Waals surface area contributed by atoms with Crippen molar-refractivity contribution in [1.29, 1.82) is 0 Å². The predicted molar refractivity (Wildman–Crippen MR) is 127 cm³/mol. The summed E-state index contributed by atoms with van der Waals surface area (Å²) < 4.78 is 61.5. The molecule has 6 rings (SSSR count). The number of hydrogen-bond donors (Lipinski definition) is 1. The van der Waals surface area contributed by atoms with Gasteiger partial charge in [0.15, 0.2) is 11.6 Å². The Hall–Kier alpha value is -4.09. The van der Waals surface area contributed by atoms with Crippen molar-refractivity contribution in [3.63, 3.8) is 0 Å². The fourth-order valence-electron chi connectivity index (χ4n) is 4.38. The molecule has 0 atom stereocenters. The second-order valence-corrected chi connectivity index (χ2v) is 9.80. The minimum absolute atomic E-state index is 0.0871. The number of halogens is 4. The van der Waals surface area contributed by atoms with Gasteiger partial charge in [0.25, 0.3) is 0 Å². The monoisotopic (exact) mass is 526 g/mol. The average Bonchev–Trinajstić information content (AvgIpc) is 3.80. The van der Waals surface area contributed by atoms with Gasteiger partial charge in [-0.25, -0.2) is 19.3 Å². The molecule has 0 radical (unpaired) electrons. The molecule has 0 saturated heterocycles. The van der Waals surface area contributed by atoms with Gasteiger partial charge in [0.1, 0.15) is 17.1 Å². The third-order valence-corrected chi connectivity index (χ3v) is 6.95. The van der Waals surface area contributed by atoms with Gasteiger partial charge < -0.3 is 14.4 Å². The molecule has 2 aliphatic carbocycles. The zero-order valence-corrected chi connectivity index (χ0v) is 20.0. The first-order chi connectivity index (χ1) is 18.2. The van der Waals surface area contributed by atoms with E-state index >= 15 is 0 Å². The molecule has 2 aliphatic rings. The maximum Gasteiger partial charge on any atom is 0.401 e. The Labute approximate surface area is 214 Å². The van der Waals surface area contributed by atoms with Gasteiger partial charge >= 0.3 is 6.18 Å². The number of anilines is 1. The summed E-state index contributed by atoms with van der Waals surface area (Å²) in [6.07, 6.45) is 4.93. The third-order valence-electron chi connectivity index (χ3n) is 6.95. The van der Waals surface area contributed by atoms with Crippen molar-refractivity contribution in [1.82, 2.24) is 24.7 Å². The van der Waals surface area contributed by atoms with Crippen LogP contribution in [0, 0.1) is 5.82 Å². The number of amides is 1. The van der Waals surface area contributed by atoms with Gasteiger partial charge in [-0.05, 0) is 42.9 Å². The molecular formula is C26H22F4N6O2. The van der Waals surface area contributed by atoms with E-state index in [1.54, 1.807) is 18.5 Å². The predicted octanol–water partition coefficient (Wildman–Crippen LogP) is 5.17. The van der Waals surface area contributed by atoms with Gasteiger partial charge in [-0.2, -0.15) is 13.2 Å². The van der Waals surface area contributed by atoms with Crippen LogP contribution >= 0.6 is 0 Å². The van der Waals surface area contributed by atoms with E-state index in [9.17, 15) is 22.4 Å². The Kier molecular flexibility index (Phi) is 5.77. The van der Waals surface area contributed by atoms with E-state index in [2.05, 4.69) is 30.0 Å². The molecule has 38 heavy (non-hydrogen) atoms. The number of imidazole rings is 1. The van der Waals surface area contributed by atoms with E-state index in [4.69, 9.17) is 4.52 Å². The molecule has 3 heterocycles. The minimum Gasteiger partial charge on any atom is -0.358 e. The zero-order valence-electron chi connectivity index (χ0n) is 20.0. The Bertz CT molecular complexity index is 1490. The molecule has 0 aliphatic heterocycles. The van der Waals surface area contributed by atoms with Crippen LogP contribution in [-0.2, 0) is 23.1 Å². The molecule has 1 aromatic carbocycles. The zero-order chi connectivity index (χ0) is 26.5. The van der Waals surface area contributed by atoms with Gasteiger partial charge in [0.2, 0.25) is 5.91 Å². The second kappa shape index (κ2) is 9.03. The average molecular weight is 526 g/mol. The first-order valence-corrected chi connectivity index (χ1v) is 12.2. The number of benzene rings is 1. The normalized spacial score (nSPS) is 16.4. The fourth-order valence-corrected chi connectivity index (χ4v) is 4.38. The molecule has 0 bridgehead atoms. The maximum atomic E-state index is 14.8. The Morgan fingerprint density at radius 3 is 2.53 bits per heavy atom. The van der Waals surface area contributed by atoms with Gasteiger partial charge in [-0.1, -0.05) is 17.3 Å². The summed E-state index contributed by atoms with van der Waals surface area (Å²) in [5.41, 5.74) is 0.117. The van der Waals surface area contributed by atoms with E-state index in [-0.39, 0.29) is 36.4 Å². The highest BCUT2D eigenvalue weighted by molar-refractivity contribution is 5.91. The number of rotatable bonds is 8. The van der Waals surface area contributed by atoms with Gasteiger partial charge in [0.05, 0.1) is 24.9 Å². The molecule has 3 aromatic heterocycles. The molecule has 1 amide bonds. The lowest BCUT2D eigenvalue weighted by atomic mass is 10.0. The van der Waals surface area contributed by atoms with Crippen molar-refractivity contribution in [2.45, 2.75) is 56.2 Å². The summed E-state index contributed by atoms with van der Waals surface area (Å²) in [4.78, 5) is 25.5. The van der Waals surface area contributed by atoms with Crippen LogP contribution in [0.3, 0.4) is 0 Å². The van der Waals surface area contributed by atoms with E-state index in [0.29, 0.717) is 29.4 Å². The number of hydrogen-bond acceptors (Lipinski definition) is 6. The molecule has 4 aromatic rings. The van der Waals surface area contributed by atoms with Crippen molar-refractivity contribution in [3.8, 4) is 11.1 Å². The Balaban J connectivity index is 1.07. The molecule has 1 N–H and O–H groups in total. The summed E-state index contributed by atoms with van der Waals surface area (Å²) in [6, 6.07) is 6.03. The smallest absolute Gasteiger partial charge is 0.358 e. The molecule has 0 spiro atoms. The Morgan fingerprint density at radius 2 is 1.87 bits per heavy atom. The number of aromatic nitrogens is 5. The van der Waals surface area contributed by atoms with Gasteiger partial charge in [-0.3, -0.25) is 4.79 Å². The van der Waals surface area contributed by atoms with Crippen LogP contribution in [0.15, 0.2) is 53.7 Å². The molecule has 12 heteroatoms. The van der Waals surface area contributed by atoms with E-state index in [1.165, 1.54) is 25.0 Å². The molecule has 196 valence electrons. The number of carbonyl (C=O) groups is 1. The number of carbonyl (C=O) groups excluding carboxylic acids is 1. The van der Waals surface area contributed by atoms with Crippen molar-refractivity contribution < 1.29 is 26.9 Å². The summed E-state index contributed by atoms with van der Waals surface area (Å²) in [5.74, 6) is -1.12. The van der Waals surface area contributed by atoms with Crippen molar-refractivity contribution >= 4 is 11.7 Å². The Morgan fingerprint density at radius 1 is 1.11 bits per heavy atom.